The van der Waals surface area contributed by atoms with Crippen LogP contribution in [0, 0.1) is 0 Å². The zero-order valence-corrected chi connectivity index (χ0v) is 12.8. The molecule has 0 saturated heterocycles. The van der Waals surface area contributed by atoms with Gasteiger partial charge in [-0.25, -0.2) is 9.48 Å². The van der Waals surface area contributed by atoms with Crippen molar-refractivity contribution in [2.45, 2.75) is 52.3 Å². The fourth-order valence-electron chi connectivity index (χ4n) is 1.51. The number of aromatic nitrogens is 2. The van der Waals surface area contributed by atoms with Gasteiger partial charge in [0.05, 0.1) is 10.6 Å². The minimum Gasteiger partial charge on any atom is -0.444 e. The molecule has 0 spiro atoms. The number of nitrogens with one attached hydrogen (secondary N) is 1. The molecular formula is C12H18ClF2N3O2. The van der Waals surface area contributed by atoms with E-state index in [2.05, 4.69) is 10.4 Å². The van der Waals surface area contributed by atoms with Crippen molar-refractivity contribution >= 4 is 17.7 Å². The predicted molar refractivity (Wildman–Crippen MR) is 70.9 cm³/mol. The minimum absolute atomic E-state index is 0.0476. The molecule has 20 heavy (non-hydrogen) atoms. The van der Waals surface area contributed by atoms with Gasteiger partial charge in [0.15, 0.2) is 0 Å². The van der Waals surface area contributed by atoms with Gasteiger partial charge in [-0.3, -0.25) is 0 Å². The Morgan fingerprint density at radius 3 is 2.35 bits per heavy atom. The molecule has 1 N–H and O–H groups in total. The highest BCUT2D eigenvalue weighted by Crippen LogP contribution is 2.28. The maximum Gasteiger partial charge on any atom is 0.408 e. The molecule has 1 rings (SSSR count). The number of ether oxygens (including phenoxy) is 1. The Kier molecular flexibility index (Phi) is 4.63. The molecule has 0 aliphatic carbocycles. The van der Waals surface area contributed by atoms with Gasteiger partial charge >= 0.3 is 12.6 Å². The lowest BCUT2D eigenvalue weighted by Gasteiger charge is -2.27. The fourth-order valence-corrected chi connectivity index (χ4v) is 1.88. The summed E-state index contributed by atoms with van der Waals surface area (Å²) >= 11 is 5.88. The van der Waals surface area contributed by atoms with E-state index in [0.717, 1.165) is 6.20 Å². The van der Waals surface area contributed by atoms with Gasteiger partial charge in [-0.15, -0.1) is 0 Å². The number of hydrogen-bond acceptors (Lipinski definition) is 3. The van der Waals surface area contributed by atoms with Crippen LogP contribution in [-0.2, 0) is 10.3 Å². The van der Waals surface area contributed by atoms with Crippen molar-refractivity contribution in [2.24, 2.45) is 0 Å². The second-order valence-electron chi connectivity index (χ2n) is 5.84. The van der Waals surface area contributed by atoms with Crippen molar-refractivity contribution in [1.29, 1.82) is 0 Å². The Balaban J connectivity index is 2.91. The van der Waals surface area contributed by atoms with E-state index in [1.807, 2.05) is 0 Å². The standard InChI is InChI=1S/C12H18ClF2N3O2/c1-11(2,3)20-10(19)16-12(4,5)8-7(13)6-18(17-8)9(14)15/h6,9H,1-5H3,(H,16,19). The number of rotatable bonds is 3. The number of hydrogen-bond donors (Lipinski definition) is 1. The summed E-state index contributed by atoms with van der Waals surface area (Å²) in [5.74, 6) is 0. The van der Waals surface area contributed by atoms with E-state index in [-0.39, 0.29) is 10.7 Å². The van der Waals surface area contributed by atoms with Crippen molar-refractivity contribution in [3.63, 3.8) is 0 Å². The van der Waals surface area contributed by atoms with Gasteiger partial charge in [0, 0.05) is 6.20 Å². The van der Waals surface area contributed by atoms with Crippen LogP contribution in [0.1, 0.15) is 46.9 Å². The summed E-state index contributed by atoms with van der Waals surface area (Å²) < 4.78 is 30.7. The van der Waals surface area contributed by atoms with Gasteiger partial charge in [0.2, 0.25) is 0 Å². The number of carbonyl (C=O) groups is 1. The fraction of sp³-hybridized carbons (Fsp3) is 0.667. The van der Waals surface area contributed by atoms with Crippen LogP contribution in [-0.4, -0.2) is 21.5 Å². The third-order valence-corrected chi connectivity index (χ3v) is 2.57. The number of nitrogens with zero attached hydrogens (tertiary/aromatic N) is 2. The first-order chi connectivity index (χ1) is 8.92. The summed E-state index contributed by atoms with van der Waals surface area (Å²) in [4.78, 5) is 11.7. The van der Waals surface area contributed by atoms with Gasteiger partial charge < -0.3 is 10.1 Å². The lowest BCUT2D eigenvalue weighted by molar-refractivity contribution is 0.0460. The average Bonchev–Trinajstić information content (AvgIpc) is 2.56. The van der Waals surface area contributed by atoms with E-state index in [1.54, 1.807) is 34.6 Å². The van der Waals surface area contributed by atoms with Crippen LogP contribution < -0.4 is 5.32 Å². The van der Waals surface area contributed by atoms with Crippen LogP contribution >= 0.6 is 11.6 Å². The van der Waals surface area contributed by atoms with Crippen molar-refractivity contribution in [3.05, 3.63) is 16.9 Å². The number of halogens is 3. The lowest BCUT2D eigenvalue weighted by atomic mass is 10.0. The smallest absolute Gasteiger partial charge is 0.408 e. The highest BCUT2D eigenvalue weighted by atomic mass is 35.5. The zero-order chi connectivity index (χ0) is 15.7. The van der Waals surface area contributed by atoms with E-state index < -0.39 is 23.8 Å². The van der Waals surface area contributed by atoms with Crippen molar-refractivity contribution < 1.29 is 18.3 Å². The molecule has 1 heterocycles. The quantitative estimate of drug-likeness (QED) is 0.926. The van der Waals surface area contributed by atoms with Gasteiger partial charge in [-0.05, 0) is 34.6 Å². The molecule has 0 aromatic carbocycles. The van der Waals surface area contributed by atoms with Crippen LogP contribution in [0.5, 0.6) is 0 Å². The third-order valence-electron chi connectivity index (χ3n) is 2.29. The molecule has 1 amide bonds. The highest BCUT2D eigenvalue weighted by Gasteiger charge is 2.31. The highest BCUT2D eigenvalue weighted by molar-refractivity contribution is 6.31. The van der Waals surface area contributed by atoms with E-state index in [4.69, 9.17) is 16.3 Å². The molecule has 0 aliphatic rings. The minimum atomic E-state index is -2.79. The van der Waals surface area contributed by atoms with Gasteiger partial charge in [0.1, 0.15) is 11.3 Å². The van der Waals surface area contributed by atoms with E-state index in [1.165, 1.54) is 0 Å². The molecule has 1 aromatic rings. The monoisotopic (exact) mass is 309 g/mol. The van der Waals surface area contributed by atoms with Gasteiger partial charge in [0.25, 0.3) is 0 Å². The first-order valence-corrected chi connectivity index (χ1v) is 6.34. The second kappa shape index (κ2) is 5.55. The first-order valence-electron chi connectivity index (χ1n) is 5.97. The third kappa shape index (κ3) is 4.33. The molecule has 0 bridgehead atoms. The molecule has 0 unspecified atom stereocenters. The summed E-state index contributed by atoms with van der Waals surface area (Å²) in [5, 5.41) is 6.30. The molecule has 114 valence electrons. The SMILES string of the molecule is CC(C)(C)OC(=O)NC(C)(C)c1nn(C(F)F)cc1Cl. The normalized spacial score (nSPS) is 12.7. The van der Waals surface area contributed by atoms with Gasteiger partial charge in [-0.1, -0.05) is 11.6 Å². The second-order valence-corrected chi connectivity index (χ2v) is 6.24. The Morgan fingerprint density at radius 1 is 1.40 bits per heavy atom. The average molecular weight is 310 g/mol. The molecule has 0 aliphatic heterocycles. The summed E-state index contributed by atoms with van der Waals surface area (Å²) in [6, 6.07) is 0. The van der Waals surface area contributed by atoms with E-state index in [9.17, 15) is 13.6 Å². The number of amides is 1. The van der Waals surface area contributed by atoms with Crippen LogP contribution in [0.2, 0.25) is 5.02 Å². The summed E-state index contributed by atoms with van der Waals surface area (Å²) in [5.41, 5.74) is -1.56. The van der Waals surface area contributed by atoms with E-state index in [0.29, 0.717) is 4.68 Å². The molecular weight excluding hydrogens is 292 g/mol. The lowest BCUT2D eigenvalue weighted by Crippen LogP contribution is -2.44. The van der Waals surface area contributed by atoms with Crippen molar-refractivity contribution in [3.8, 4) is 0 Å². The van der Waals surface area contributed by atoms with Gasteiger partial charge in [-0.2, -0.15) is 13.9 Å². The Labute approximate surface area is 121 Å². The molecule has 0 atom stereocenters. The largest absolute Gasteiger partial charge is 0.444 e. The van der Waals surface area contributed by atoms with E-state index >= 15 is 0 Å². The zero-order valence-electron chi connectivity index (χ0n) is 12.0. The maximum absolute atomic E-state index is 12.6. The molecule has 0 radical (unpaired) electrons. The van der Waals surface area contributed by atoms with Crippen molar-refractivity contribution in [2.75, 3.05) is 0 Å². The van der Waals surface area contributed by atoms with Crippen molar-refractivity contribution in [1.82, 2.24) is 15.1 Å². The summed E-state index contributed by atoms with van der Waals surface area (Å²) in [6.07, 6.45) is 0.338. The predicted octanol–water partition coefficient (Wildman–Crippen LogP) is 3.69. The molecule has 5 nitrogen and oxygen atoms in total. The van der Waals surface area contributed by atoms with Crippen LogP contribution in [0.25, 0.3) is 0 Å². The number of carbonyl (C=O) groups excluding carboxylic acids is 1. The Hall–Kier alpha value is -1.37. The Morgan fingerprint density at radius 2 is 1.95 bits per heavy atom. The molecule has 0 saturated carbocycles. The number of alkyl carbamates (subject to hydrolysis) is 1. The molecule has 0 fully saturated rings. The maximum atomic E-state index is 12.6. The molecule has 1 aromatic heterocycles. The van der Waals surface area contributed by atoms with Crippen LogP contribution in [0.3, 0.4) is 0 Å². The number of alkyl halides is 2. The van der Waals surface area contributed by atoms with Crippen LogP contribution in [0.15, 0.2) is 6.20 Å². The topological polar surface area (TPSA) is 56.1 Å². The van der Waals surface area contributed by atoms with Crippen LogP contribution in [0.4, 0.5) is 13.6 Å². The molecule has 8 heteroatoms. The Bertz CT molecular complexity index is 495. The summed E-state index contributed by atoms with van der Waals surface area (Å²) in [6.45, 7) is 5.56. The first kappa shape index (κ1) is 16.7. The summed E-state index contributed by atoms with van der Waals surface area (Å²) in [7, 11) is 0.